The largest absolute Gasteiger partial charge is 0.393 e. The SMILES string of the molecule is CC(=O)c1cccc(NC(=O)CC[C@@H](C)[C@@H]2CC[C@@H]3[C@H]4[C@@H](CC[C@@]32C)[C@@]2(C)CC[C@@H](O)C[C@@H]2C[C@@H]4O)c1. The Morgan fingerprint density at radius 2 is 1.76 bits per heavy atom. The molecule has 0 heterocycles. The molecule has 1 aromatic rings. The van der Waals surface area contributed by atoms with Gasteiger partial charge in [-0.3, -0.25) is 9.59 Å². The van der Waals surface area contributed by atoms with Gasteiger partial charge in [0.2, 0.25) is 5.91 Å². The van der Waals surface area contributed by atoms with E-state index >= 15 is 0 Å². The molecule has 37 heavy (non-hydrogen) atoms. The molecule has 4 fully saturated rings. The molecule has 4 saturated carbocycles. The number of anilines is 1. The van der Waals surface area contributed by atoms with Crippen LogP contribution in [0.4, 0.5) is 5.69 Å². The van der Waals surface area contributed by atoms with Gasteiger partial charge in [0, 0.05) is 17.7 Å². The second-order valence-corrected chi connectivity index (χ2v) is 13.7. The van der Waals surface area contributed by atoms with Crippen LogP contribution in [-0.4, -0.2) is 34.1 Å². The average molecular weight is 510 g/mol. The van der Waals surface area contributed by atoms with Gasteiger partial charge in [0.15, 0.2) is 5.78 Å². The lowest BCUT2D eigenvalue weighted by Crippen LogP contribution is -2.58. The number of hydrogen-bond acceptors (Lipinski definition) is 4. The fraction of sp³-hybridized carbons (Fsp3) is 0.750. The molecule has 5 heteroatoms. The topological polar surface area (TPSA) is 86.6 Å². The summed E-state index contributed by atoms with van der Waals surface area (Å²) in [6.45, 7) is 8.82. The van der Waals surface area contributed by atoms with Crippen LogP contribution in [-0.2, 0) is 4.79 Å². The molecule has 0 radical (unpaired) electrons. The van der Waals surface area contributed by atoms with Crippen molar-refractivity contribution < 1.29 is 19.8 Å². The Morgan fingerprint density at radius 1 is 1.03 bits per heavy atom. The molecule has 1 amide bonds. The molecule has 3 N–H and O–H groups in total. The van der Waals surface area contributed by atoms with E-state index in [9.17, 15) is 19.8 Å². The molecule has 10 atom stereocenters. The fourth-order valence-electron chi connectivity index (χ4n) is 9.77. The maximum atomic E-state index is 12.8. The minimum atomic E-state index is -0.247. The molecular formula is C32H47NO4. The van der Waals surface area contributed by atoms with Crippen molar-refractivity contribution in [3.8, 4) is 0 Å². The van der Waals surface area contributed by atoms with Gasteiger partial charge in [-0.1, -0.05) is 32.9 Å². The monoisotopic (exact) mass is 509 g/mol. The highest BCUT2D eigenvalue weighted by Gasteiger charge is 2.62. The first-order valence-electron chi connectivity index (χ1n) is 14.8. The molecule has 4 aliphatic carbocycles. The summed E-state index contributed by atoms with van der Waals surface area (Å²) in [6.07, 6.45) is 9.42. The number of aliphatic hydroxyl groups excluding tert-OH is 2. The number of carbonyl (C=O) groups excluding carboxylic acids is 2. The zero-order valence-electron chi connectivity index (χ0n) is 23.2. The van der Waals surface area contributed by atoms with Gasteiger partial charge in [-0.25, -0.2) is 0 Å². The standard InChI is InChI=1S/C32H47NO4/c1-19(8-11-29(37)33-23-7-5-6-21(16-23)20(2)34)25-9-10-26-30-27(13-15-32(25,26)4)31(3)14-12-24(35)17-22(31)18-28(30)36/h5-7,16,19,22,24-28,30,35-36H,8-15,17-18H2,1-4H3,(H,33,37)/t19-,22-,24-,25+,26-,27-,28+,30+,31+,32-/m1/s1. The third-order valence-corrected chi connectivity index (χ3v) is 11.8. The Kier molecular flexibility index (Phi) is 7.34. The summed E-state index contributed by atoms with van der Waals surface area (Å²) in [4.78, 5) is 24.4. The molecule has 204 valence electrons. The summed E-state index contributed by atoms with van der Waals surface area (Å²) in [5.74, 6) is 2.99. The first-order chi connectivity index (χ1) is 17.5. The van der Waals surface area contributed by atoms with Gasteiger partial charge in [-0.2, -0.15) is 0 Å². The van der Waals surface area contributed by atoms with Crippen molar-refractivity contribution in [3.05, 3.63) is 29.8 Å². The molecular weight excluding hydrogens is 462 g/mol. The maximum absolute atomic E-state index is 12.8. The molecule has 0 bridgehead atoms. The number of carbonyl (C=O) groups is 2. The summed E-state index contributed by atoms with van der Waals surface area (Å²) in [5, 5.41) is 24.7. The van der Waals surface area contributed by atoms with Gasteiger partial charge in [0.05, 0.1) is 12.2 Å². The van der Waals surface area contributed by atoms with Gasteiger partial charge in [-0.15, -0.1) is 0 Å². The van der Waals surface area contributed by atoms with Crippen LogP contribution in [0.15, 0.2) is 24.3 Å². The Bertz CT molecular complexity index is 1020. The molecule has 0 unspecified atom stereocenters. The molecule has 5 nitrogen and oxygen atoms in total. The number of aliphatic hydroxyl groups is 2. The van der Waals surface area contributed by atoms with Crippen molar-refractivity contribution in [1.29, 1.82) is 0 Å². The van der Waals surface area contributed by atoms with Crippen LogP contribution in [0.5, 0.6) is 0 Å². The Labute approximate surface area is 222 Å². The second-order valence-electron chi connectivity index (χ2n) is 13.7. The highest BCUT2D eigenvalue weighted by Crippen LogP contribution is 2.68. The number of fused-ring (bicyclic) bond motifs is 5. The molecule has 0 spiro atoms. The van der Waals surface area contributed by atoms with E-state index in [0.717, 1.165) is 32.1 Å². The third-order valence-electron chi connectivity index (χ3n) is 11.8. The van der Waals surface area contributed by atoms with Crippen LogP contribution in [0.25, 0.3) is 0 Å². The number of benzene rings is 1. The molecule has 0 aliphatic heterocycles. The zero-order chi connectivity index (χ0) is 26.5. The average Bonchev–Trinajstić information content (AvgIpc) is 3.21. The van der Waals surface area contributed by atoms with Gasteiger partial charge >= 0.3 is 0 Å². The maximum Gasteiger partial charge on any atom is 0.224 e. The highest BCUT2D eigenvalue weighted by molar-refractivity contribution is 5.97. The van der Waals surface area contributed by atoms with E-state index in [0.29, 0.717) is 53.2 Å². The predicted molar refractivity (Wildman–Crippen MR) is 146 cm³/mol. The van der Waals surface area contributed by atoms with Crippen molar-refractivity contribution in [3.63, 3.8) is 0 Å². The van der Waals surface area contributed by atoms with Gasteiger partial charge in [0.25, 0.3) is 0 Å². The normalized spacial score (nSPS) is 41.7. The van der Waals surface area contributed by atoms with E-state index in [-0.39, 0.29) is 34.7 Å². The summed E-state index contributed by atoms with van der Waals surface area (Å²) < 4.78 is 0. The van der Waals surface area contributed by atoms with Crippen LogP contribution < -0.4 is 5.32 Å². The number of Topliss-reactive ketones (excluding diaryl/α,β-unsaturated/α-hetero) is 1. The van der Waals surface area contributed by atoms with E-state index in [1.807, 2.05) is 12.1 Å². The van der Waals surface area contributed by atoms with E-state index in [1.54, 1.807) is 12.1 Å². The zero-order valence-corrected chi connectivity index (χ0v) is 23.2. The molecule has 1 aromatic carbocycles. The Morgan fingerprint density at radius 3 is 2.51 bits per heavy atom. The first-order valence-corrected chi connectivity index (χ1v) is 14.8. The minimum absolute atomic E-state index is 0.00264. The van der Waals surface area contributed by atoms with Crippen LogP contribution in [0.2, 0.25) is 0 Å². The van der Waals surface area contributed by atoms with Gasteiger partial charge in [0.1, 0.15) is 0 Å². The Hall–Kier alpha value is -1.72. The lowest BCUT2D eigenvalue weighted by Gasteiger charge is -2.62. The first kappa shape index (κ1) is 26.9. The smallest absolute Gasteiger partial charge is 0.224 e. The van der Waals surface area contributed by atoms with Crippen LogP contribution in [0.3, 0.4) is 0 Å². The predicted octanol–water partition coefficient (Wildman–Crippen LogP) is 6.23. The molecule has 0 saturated heterocycles. The van der Waals surface area contributed by atoms with Crippen molar-refractivity contribution in [2.75, 3.05) is 5.32 Å². The van der Waals surface area contributed by atoms with Crippen molar-refractivity contribution in [2.45, 2.75) is 104 Å². The Balaban J connectivity index is 1.23. The summed E-state index contributed by atoms with van der Waals surface area (Å²) in [7, 11) is 0. The summed E-state index contributed by atoms with van der Waals surface area (Å²) in [6, 6.07) is 7.16. The third kappa shape index (κ3) is 4.80. The molecule has 5 rings (SSSR count). The molecule has 4 aliphatic rings. The van der Waals surface area contributed by atoms with E-state index in [1.165, 1.54) is 32.6 Å². The lowest BCUT2D eigenvalue weighted by molar-refractivity contribution is -0.174. The van der Waals surface area contributed by atoms with Crippen molar-refractivity contribution in [1.82, 2.24) is 0 Å². The number of hydrogen-bond donors (Lipinski definition) is 3. The lowest BCUT2D eigenvalue weighted by atomic mass is 9.43. The fourth-order valence-corrected chi connectivity index (χ4v) is 9.77. The van der Waals surface area contributed by atoms with Gasteiger partial charge in [-0.05, 0) is 123 Å². The molecule has 0 aromatic heterocycles. The summed E-state index contributed by atoms with van der Waals surface area (Å²) in [5.41, 5.74) is 1.78. The highest BCUT2D eigenvalue weighted by atomic mass is 16.3. The quantitative estimate of drug-likeness (QED) is 0.397. The van der Waals surface area contributed by atoms with Crippen LogP contribution in [0, 0.1) is 46.3 Å². The number of ketones is 1. The summed E-state index contributed by atoms with van der Waals surface area (Å²) >= 11 is 0. The van der Waals surface area contributed by atoms with Crippen molar-refractivity contribution in [2.24, 2.45) is 46.3 Å². The van der Waals surface area contributed by atoms with Crippen LogP contribution >= 0.6 is 0 Å². The van der Waals surface area contributed by atoms with E-state index in [4.69, 9.17) is 0 Å². The number of amides is 1. The second kappa shape index (κ2) is 10.1. The number of nitrogens with one attached hydrogen (secondary N) is 1. The minimum Gasteiger partial charge on any atom is -0.393 e. The van der Waals surface area contributed by atoms with Crippen LogP contribution in [0.1, 0.15) is 102 Å². The van der Waals surface area contributed by atoms with E-state index < -0.39 is 0 Å². The van der Waals surface area contributed by atoms with Crippen molar-refractivity contribution >= 4 is 17.4 Å². The van der Waals surface area contributed by atoms with E-state index in [2.05, 4.69) is 26.1 Å². The number of rotatable bonds is 6. The van der Waals surface area contributed by atoms with Gasteiger partial charge < -0.3 is 15.5 Å².